The number of aliphatic carboxylic acids is 1. The van der Waals surface area contributed by atoms with Gasteiger partial charge in [0.25, 0.3) is 5.91 Å². The van der Waals surface area contributed by atoms with Gasteiger partial charge in [0, 0.05) is 37.7 Å². The number of carbonyl (C=O) groups is 2. The average molecular weight is 581 g/mol. The van der Waals surface area contributed by atoms with Crippen LogP contribution in [0.4, 0.5) is 5.82 Å². The van der Waals surface area contributed by atoms with Crippen molar-refractivity contribution in [1.82, 2.24) is 20.2 Å². The number of carboxylic acids is 1. The van der Waals surface area contributed by atoms with Crippen LogP contribution in [-0.4, -0.2) is 76.3 Å². The molecule has 0 bridgehead atoms. The SMILES string of the molecule is CC(C)(C)OCCN(CCCCc1ccc2c(n1)NCCC2)CCC(NC(=O)c1c(Cl)cncc1Cl)C(=O)O. The van der Waals surface area contributed by atoms with Gasteiger partial charge in [-0.3, -0.25) is 9.78 Å². The first-order valence-corrected chi connectivity index (χ1v) is 14.2. The number of halogens is 2. The first-order valence-electron chi connectivity index (χ1n) is 13.4. The number of hydrogen-bond acceptors (Lipinski definition) is 7. The number of aryl methyl sites for hydroxylation is 2. The molecular formula is C28H39Cl2N5O4. The van der Waals surface area contributed by atoms with Crippen LogP contribution in [-0.2, 0) is 22.4 Å². The highest BCUT2D eigenvalue weighted by Crippen LogP contribution is 2.23. The van der Waals surface area contributed by atoms with Crippen LogP contribution < -0.4 is 10.6 Å². The Balaban J connectivity index is 1.55. The molecule has 1 aliphatic rings. The quantitative estimate of drug-likeness (QED) is 0.272. The number of nitrogens with one attached hydrogen (secondary N) is 2. The molecule has 2 aromatic heterocycles. The maximum atomic E-state index is 12.7. The average Bonchev–Trinajstić information content (AvgIpc) is 2.87. The highest BCUT2D eigenvalue weighted by atomic mass is 35.5. The number of fused-ring (bicyclic) bond motifs is 1. The number of ether oxygens (including phenoxy) is 1. The molecule has 0 radical (unpaired) electrons. The third-order valence-corrected chi connectivity index (χ3v) is 7.04. The molecular weight excluding hydrogens is 541 g/mol. The topological polar surface area (TPSA) is 117 Å². The minimum Gasteiger partial charge on any atom is -0.480 e. The Morgan fingerprint density at radius 2 is 1.90 bits per heavy atom. The van der Waals surface area contributed by atoms with Gasteiger partial charge in [0.2, 0.25) is 0 Å². The highest BCUT2D eigenvalue weighted by Gasteiger charge is 2.24. The molecule has 1 atom stereocenters. The van der Waals surface area contributed by atoms with Gasteiger partial charge in [-0.15, -0.1) is 0 Å². The van der Waals surface area contributed by atoms with Gasteiger partial charge in [0.15, 0.2) is 0 Å². The molecule has 9 nitrogen and oxygen atoms in total. The van der Waals surface area contributed by atoms with Gasteiger partial charge in [0.05, 0.1) is 27.8 Å². The maximum absolute atomic E-state index is 12.7. The normalized spacial score (nSPS) is 14.0. The maximum Gasteiger partial charge on any atom is 0.326 e. The second kappa shape index (κ2) is 14.8. The number of carbonyl (C=O) groups excluding carboxylic acids is 1. The summed E-state index contributed by atoms with van der Waals surface area (Å²) in [6.45, 7) is 9.40. The zero-order chi connectivity index (χ0) is 28.4. The second-order valence-electron chi connectivity index (χ2n) is 10.7. The fourth-order valence-electron chi connectivity index (χ4n) is 4.39. The Morgan fingerprint density at radius 3 is 2.59 bits per heavy atom. The van der Waals surface area contributed by atoms with Gasteiger partial charge in [0.1, 0.15) is 11.9 Å². The van der Waals surface area contributed by atoms with E-state index < -0.39 is 17.9 Å². The number of amides is 1. The molecule has 0 saturated heterocycles. The van der Waals surface area contributed by atoms with Crippen LogP contribution in [0.25, 0.3) is 0 Å². The summed E-state index contributed by atoms with van der Waals surface area (Å²) in [4.78, 5) is 35.5. The zero-order valence-corrected chi connectivity index (χ0v) is 24.4. The highest BCUT2D eigenvalue weighted by molar-refractivity contribution is 6.39. The monoisotopic (exact) mass is 579 g/mol. The summed E-state index contributed by atoms with van der Waals surface area (Å²) in [7, 11) is 0. The number of rotatable bonds is 14. The summed E-state index contributed by atoms with van der Waals surface area (Å²) >= 11 is 12.1. The van der Waals surface area contributed by atoms with E-state index in [0.717, 1.165) is 56.7 Å². The van der Waals surface area contributed by atoms with Crippen molar-refractivity contribution in [1.29, 1.82) is 0 Å². The Morgan fingerprint density at radius 1 is 1.15 bits per heavy atom. The van der Waals surface area contributed by atoms with E-state index in [1.54, 1.807) is 0 Å². The van der Waals surface area contributed by atoms with Crippen molar-refractivity contribution >= 4 is 40.9 Å². The molecule has 0 aromatic carbocycles. The van der Waals surface area contributed by atoms with Gasteiger partial charge in [-0.2, -0.15) is 0 Å². The van der Waals surface area contributed by atoms with Crippen LogP contribution in [0.15, 0.2) is 24.5 Å². The van der Waals surface area contributed by atoms with Crippen LogP contribution in [0, 0.1) is 0 Å². The summed E-state index contributed by atoms with van der Waals surface area (Å²) in [5, 5.41) is 15.8. The van der Waals surface area contributed by atoms with Crippen molar-refractivity contribution in [2.75, 3.05) is 38.1 Å². The number of pyridine rings is 2. The Bertz CT molecular complexity index is 1110. The smallest absolute Gasteiger partial charge is 0.326 e. The lowest BCUT2D eigenvalue weighted by Gasteiger charge is -2.27. The van der Waals surface area contributed by atoms with Crippen LogP contribution in [0.3, 0.4) is 0 Å². The third-order valence-electron chi connectivity index (χ3n) is 6.47. The number of unbranched alkanes of at least 4 members (excludes halogenated alkanes) is 1. The van der Waals surface area contributed by atoms with Gasteiger partial charge in [-0.25, -0.2) is 9.78 Å². The molecule has 3 N–H and O–H groups in total. The number of nitrogens with zero attached hydrogens (tertiary/aromatic N) is 3. The van der Waals surface area contributed by atoms with Gasteiger partial charge >= 0.3 is 5.97 Å². The number of carboxylic acid groups (broad SMARTS) is 1. The summed E-state index contributed by atoms with van der Waals surface area (Å²) in [5.74, 6) is -0.757. The Kier molecular flexibility index (Phi) is 11.8. The van der Waals surface area contributed by atoms with Crippen LogP contribution in [0.1, 0.15) is 68.1 Å². The molecule has 39 heavy (non-hydrogen) atoms. The van der Waals surface area contributed by atoms with E-state index >= 15 is 0 Å². The standard InChI is InChI=1S/C28H39Cl2N5O4/c1-28(2,3)39-16-15-35(13-5-4-8-20-10-9-19-7-6-12-32-25(19)33-20)14-11-23(27(37)38)34-26(36)24-21(29)17-31-18-22(24)30/h9-10,17-18,23H,4-8,11-16H2,1-3H3,(H,32,33)(H,34,36)(H,37,38). The van der Waals surface area contributed by atoms with Crippen molar-refractivity contribution in [3.8, 4) is 0 Å². The molecule has 0 fully saturated rings. The van der Waals surface area contributed by atoms with Crippen molar-refractivity contribution in [3.05, 3.63) is 51.4 Å². The Hall–Kier alpha value is -2.46. The molecule has 3 rings (SSSR count). The lowest BCUT2D eigenvalue weighted by molar-refractivity contribution is -0.139. The summed E-state index contributed by atoms with van der Waals surface area (Å²) < 4.78 is 5.91. The van der Waals surface area contributed by atoms with Crippen molar-refractivity contribution in [2.24, 2.45) is 0 Å². The molecule has 214 valence electrons. The van der Waals surface area contributed by atoms with E-state index in [1.165, 1.54) is 18.0 Å². The molecule has 1 aliphatic heterocycles. The largest absolute Gasteiger partial charge is 0.480 e. The summed E-state index contributed by atoms with van der Waals surface area (Å²) in [6, 6.07) is 3.19. The van der Waals surface area contributed by atoms with Crippen molar-refractivity contribution in [2.45, 2.75) is 70.9 Å². The van der Waals surface area contributed by atoms with E-state index in [2.05, 4.69) is 32.7 Å². The zero-order valence-electron chi connectivity index (χ0n) is 22.9. The second-order valence-corrected chi connectivity index (χ2v) is 11.5. The molecule has 1 amide bonds. The van der Waals surface area contributed by atoms with E-state index in [4.69, 9.17) is 32.9 Å². The van der Waals surface area contributed by atoms with E-state index in [1.807, 2.05) is 20.8 Å². The molecule has 0 saturated carbocycles. The predicted octanol–water partition coefficient (Wildman–Crippen LogP) is 4.85. The fourth-order valence-corrected chi connectivity index (χ4v) is 4.93. The molecule has 0 spiro atoms. The van der Waals surface area contributed by atoms with E-state index in [9.17, 15) is 14.7 Å². The Labute approximate surface area is 240 Å². The lowest BCUT2D eigenvalue weighted by atomic mass is 10.1. The molecule has 0 aliphatic carbocycles. The summed E-state index contributed by atoms with van der Waals surface area (Å²) in [5.41, 5.74) is 2.11. The molecule has 1 unspecified atom stereocenters. The first kappa shape index (κ1) is 31.1. The fraction of sp³-hybridized carbons (Fsp3) is 0.571. The molecule has 11 heteroatoms. The van der Waals surface area contributed by atoms with Crippen molar-refractivity contribution in [3.63, 3.8) is 0 Å². The minimum atomic E-state index is -1.12. The van der Waals surface area contributed by atoms with Gasteiger partial charge in [-0.1, -0.05) is 29.3 Å². The van der Waals surface area contributed by atoms with Crippen LogP contribution >= 0.6 is 23.2 Å². The first-order chi connectivity index (χ1) is 18.5. The van der Waals surface area contributed by atoms with Gasteiger partial charge in [-0.05, 0) is 77.5 Å². The van der Waals surface area contributed by atoms with E-state index in [-0.39, 0.29) is 27.6 Å². The predicted molar refractivity (Wildman–Crippen MR) is 154 cm³/mol. The lowest BCUT2D eigenvalue weighted by Crippen LogP contribution is -2.44. The number of anilines is 1. The van der Waals surface area contributed by atoms with Crippen molar-refractivity contribution < 1.29 is 19.4 Å². The van der Waals surface area contributed by atoms with E-state index in [0.29, 0.717) is 19.7 Å². The third kappa shape index (κ3) is 10.2. The summed E-state index contributed by atoms with van der Waals surface area (Å²) in [6.07, 6.45) is 7.78. The minimum absolute atomic E-state index is 0.0148. The van der Waals surface area contributed by atoms with Crippen LogP contribution in [0.2, 0.25) is 10.0 Å². The molecule has 2 aromatic rings. The number of hydrogen-bond donors (Lipinski definition) is 3. The number of aromatic nitrogens is 2. The molecule has 3 heterocycles. The van der Waals surface area contributed by atoms with Crippen LogP contribution in [0.5, 0.6) is 0 Å². The van der Waals surface area contributed by atoms with Gasteiger partial charge < -0.3 is 25.4 Å².